The van der Waals surface area contributed by atoms with Gasteiger partial charge in [-0.2, -0.15) is 0 Å². The average Bonchev–Trinajstić information content (AvgIpc) is 3.09. The maximum atomic E-state index is 11.5. The first-order chi connectivity index (χ1) is 10.1. The zero-order chi connectivity index (χ0) is 15.0. The van der Waals surface area contributed by atoms with Gasteiger partial charge in [-0.1, -0.05) is 26.3 Å². The first-order valence-electron chi connectivity index (χ1n) is 7.74. The molecule has 1 aromatic heterocycles. The Morgan fingerprint density at radius 3 is 2.86 bits per heavy atom. The third-order valence-corrected chi connectivity index (χ3v) is 4.75. The highest BCUT2D eigenvalue weighted by Crippen LogP contribution is 2.44. The van der Waals surface area contributed by atoms with Crippen LogP contribution in [0.1, 0.15) is 50.5 Å². The molecule has 1 aromatic carbocycles. The first-order valence-corrected chi connectivity index (χ1v) is 7.74. The van der Waals surface area contributed by atoms with Crippen LogP contribution in [0.5, 0.6) is 0 Å². The van der Waals surface area contributed by atoms with Crippen molar-refractivity contribution in [3.05, 3.63) is 29.7 Å². The molecule has 112 valence electrons. The Hall–Kier alpha value is -1.84. The van der Waals surface area contributed by atoms with E-state index >= 15 is 0 Å². The Bertz CT molecular complexity index is 661. The van der Waals surface area contributed by atoms with Crippen molar-refractivity contribution in [2.75, 3.05) is 0 Å². The summed E-state index contributed by atoms with van der Waals surface area (Å²) in [7, 11) is 0. The lowest BCUT2D eigenvalue weighted by molar-refractivity contribution is -0.142. The number of carboxylic acid groups (broad SMARTS) is 1. The summed E-state index contributed by atoms with van der Waals surface area (Å²) in [6.07, 6.45) is 3.56. The van der Waals surface area contributed by atoms with E-state index in [-0.39, 0.29) is 11.8 Å². The third kappa shape index (κ3) is 2.55. The van der Waals surface area contributed by atoms with Gasteiger partial charge < -0.3 is 9.52 Å². The number of carbonyl (C=O) groups is 1. The highest BCUT2D eigenvalue weighted by molar-refractivity contribution is 5.75. The molecule has 0 spiro atoms. The van der Waals surface area contributed by atoms with Crippen molar-refractivity contribution in [3.8, 4) is 0 Å². The van der Waals surface area contributed by atoms with Crippen molar-refractivity contribution in [2.24, 2.45) is 11.8 Å². The molecule has 1 heterocycles. The van der Waals surface area contributed by atoms with Gasteiger partial charge in [-0.05, 0) is 42.9 Å². The van der Waals surface area contributed by atoms with Gasteiger partial charge >= 0.3 is 5.97 Å². The van der Waals surface area contributed by atoms with Crippen LogP contribution in [0.25, 0.3) is 11.1 Å². The molecule has 0 saturated heterocycles. The van der Waals surface area contributed by atoms with Gasteiger partial charge in [-0.25, -0.2) is 4.98 Å². The fourth-order valence-corrected chi connectivity index (χ4v) is 3.39. The van der Waals surface area contributed by atoms with Gasteiger partial charge in [-0.3, -0.25) is 4.79 Å². The number of fused-ring (bicyclic) bond motifs is 1. The summed E-state index contributed by atoms with van der Waals surface area (Å²) < 4.78 is 5.85. The molecule has 4 nitrogen and oxygen atoms in total. The van der Waals surface area contributed by atoms with Gasteiger partial charge in [0.2, 0.25) is 0 Å². The van der Waals surface area contributed by atoms with E-state index < -0.39 is 5.97 Å². The van der Waals surface area contributed by atoms with Crippen molar-refractivity contribution >= 4 is 17.1 Å². The maximum Gasteiger partial charge on any atom is 0.307 e. The molecule has 21 heavy (non-hydrogen) atoms. The molecule has 1 aliphatic carbocycles. The SMILES string of the molecule is CCc1ccc2oc(C3CC(CC)CC3C(=O)O)nc2c1. The van der Waals surface area contributed by atoms with E-state index in [2.05, 4.69) is 18.8 Å². The third-order valence-electron chi connectivity index (χ3n) is 4.75. The summed E-state index contributed by atoms with van der Waals surface area (Å²) >= 11 is 0. The zero-order valence-electron chi connectivity index (χ0n) is 12.5. The summed E-state index contributed by atoms with van der Waals surface area (Å²) in [6, 6.07) is 6.01. The Morgan fingerprint density at radius 2 is 2.19 bits per heavy atom. The van der Waals surface area contributed by atoms with Crippen LogP contribution < -0.4 is 0 Å². The summed E-state index contributed by atoms with van der Waals surface area (Å²) in [5.74, 6) is -0.134. The van der Waals surface area contributed by atoms with Crippen LogP contribution >= 0.6 is 0 Å². The number of oxazole rings is 1. The van der Waals surface area contributed by atoms with Crippen molar-refractivity contribution in [3.63, 3.8) is 0 Å². The smallest absolute Gasteiger partial charge is 0.307 e. The second-order valence-electron chi connectivity index (χ2n) is 6.00. The van der Waals surface area contributed by atoms with Crippen molar-refractivity contribution in [1.29, 1.82) is 0 Å². The molecule has 3 unspecified atom stereocenters. The Balaban J connectivity index is 1.96. The minimum absolute atomic E-state index is 0.0927. The quantitative estimate of drug-likeness (QED) is 0.923. The Morgan fingerprint density at radius 1 is 1.38 bits per heavy atom. The molecular weight excluding hydrogens is 266 g/mol. The van der Waals surface area contributed by atoms with Gasteiger partial charge in [-0.15, -0.1) is 0 Å². The van der Waals surface area contributed by atoms with E-state index in [1.165, 1.54) is 5.56 Å². The largest absolute Gasteiger partial charge is 0.481 e. The molecule has 2 aromatic rings. The number of hydrogen-bond acceptors (Lipinski definition) is 3. The fourth-order valence-electron chi connectivity index (χ4n) is 3.39. The molecule has 0 radical (unpaired) electrons. The average molecular weight is 287 g/mol. The van der Waals surface area contributed by atoms with Gasteiger partial charge in [0.1, 0.15) is 5.52 Å². The number of nitrogens with zero attached hydrogens (tertiary/aromatic N) is 1. The number of benzene rings is 1. The van der Waals surface area contributed by atoms with Crippen LogP contribution in [-0.2, 0) is 11.2 Å². The Labute approximate surface area is 124 Å². The van der Waals surface area contributed by atoms with E-state index in [0.29, 0.717) is 11.8 Å². The normalized spacial score (nSPS) is 25.5. The lowest BCUT2D eigenvalue weighted by Crippen LogP contribution is -2.17. The second-order valence-corrected chi connectivity index (χ2v) is 6.00. The number of aliphatic carboxylic acids is 1. The molecule has 1 fully saturated rings. The highest BCUT2D eigenvalue weighted by atomic mass is 16.4. The number of aryl methyl sites for hydroxylation is 1. The topological polar surface area (TPSA) is 63.3 Å². The fraction of sp³-hybridized carbons (Fsp3) is 0.529. The number of hydrogen-bond donors (Lipinski definition) is 1. The predicted octanol–water partition coefficient (Wildman–Crippen LogP) is 3.99. The van der Waals surface area contributed by atoms with Gasteiger partial charge in [0.05, 0.1) is 5.92 Å². The van der Waals surface area contributed by atoms with E-state index in [0.717, 1.165) is 36.8 Å². The monoisotopic (exact) mass is 287 g/mol. The molecule has 0 bridgehead atoms. The van der Waals surface area contributed by atoms with Crippen LogP contribution in [0.3, 0.4) is 0 Å². The first kappa shape index (κ1) is 14.1. The molecule has 1 N–H and O–H groups in total. The molecular formula is C17H21NO3. The minimum atomic E-state index is -0.729. The van der Waals surface area contributed by atoms with E-state index in [1.54, 1.807) is 0 Å². The number of aromatic nitrogens is 1. The molecule has 0 aliphatic heterocycles. The molecule has 0 amide bonds. The lowest BCUT2D eigenvalue weighted by Gasteiger charge is -2.10. The van der Waals surface area contributed by atoms with Gasteiger partial charge in [0, 0.05) is 5.92 Å². The molecule has 3 rings (SSSR count). The lowest BCUT2D eigenvalue weighted by atomic mass is 9.96. The van der Waals surface area contributed by atoms with Crippen LogP contribution in [0, 0.1) is 11.8 Å². The summed E-state index contributed by atoms with van der Waals surface area (Å²) in [4.78, 5) is 16.1. The van der Waals surface area contributed by atoms with Gasteiger partial charge in [0.15, 0.2) is 11.5 Å². The molecule has 3 atom stereocenters. The second kappa shape index (κ2) is 5.51. The highest BCUT2D eigenvalue weighted by Gasteiger charge is 2.41. The van der Waals surface area contributed by atoms with E-state index in [9.17, 15) is 9.90 Å². The summed E-state index contributed by atoms with van der Waals surface area (Å²) in [5, 5.41) is 9.45. The molecule has 1 aliphatic rings. The van der Waals surface area contributed by atoms with Crippen LogP contribution in [0.15, 0.2) is 22.6 Å². The van der Waals surface area contributed by atoms with Crippen molar-refractivity contribution in [2.45, 2.75) is 45.4 Å². The Kier molecular flexibility index (Phi) is 3.70. The maximum absolute atomic E-state index is 11.5. The van der Waals surface area contributed by atoms with Crippen LogP contribution in [0.2, 0.25) is 0 Å². The number of rotatable bonds is 4. The summed E-state index contributed by atoms with van der Waals surface area (Å²) in [6.45, 7) is 4.22. The van der Waals surface area contributed by atoms with Crippen molar-refractivity contribution < 1.29 is 14.3 Å². The summed E-state index contributed by atoms with van der Waals surface area (Å²) in [5.41, 5.74) is 2.81. The van der Waals surface area contributed by atoms with Crippen LogP contribution in [-0.4, -0.2) is 16.1 Å². The van der Waals surface area contributed by atoms with Gasteiger partial charge in [0.25, 0.3) is 0 Å². The van der Waals surface area contributed by atoms with Crippen LogP contribution in [0.4, 0.5) is 0 Å². The number of carboxylic acids is 1. The minimum Gasteiger partial charge on any atom is -0.481 e. The molecule has 1 saturated carbocycles. The van der Waals surface area contributed by atoms with Crippen molar-refractivity contribution in [1.82, 2.24) is 4.98 Å². The standard InChI is InChI=1S/C17H21NO3/c1-3-10-5-6-15-14(9-10)18-16(21-15)12-7-11(4-2)8-13(12)17(19)20/h5-6,9,11-13H,3-4,7-8H2,1-2H3,(H,19,20). The molecule has 4 heteroatoms. The zero-order valence-corrected chi connectivity index (χ0v) is 12.5. The van der Waals surface area contributed by atoms with E-state index in [1.807, 2.05) is 18.2 Å². The van der Waals surface area contributed by atoms with E-state index in [4.69, 9.17) is 4.42 Å². The predicted molar refractivity (Wildman–Crippen MR) is 80.3 cm³/mol.